The van der Waals surface area contributed by atoms with Crippen molar-refractivity contribution in [3.05, 3.63) is 23.3 Å². The van der Waals surface area contributed by atoms with Gasteiger partial charge in [0.15, 0.2) is 0 Å². The quantitative estimate of drug-likeness (QED) is 0.575. The third kappa shape index (κ3) is 3.73. The van der Waals surface area contributed by atoms with Gasteiger partial charge in [0.05, 0.1) is 18.1 Å². The van der Waals surface area contributed by atoms with Gasteiger partial charge in [-0.2, -0.15) is 0 Å². The highest BCUT2D eigenvalue weighted by atomic mass is 16.5. The number of phenolic OH excluding ortho intramolecular Hbond substituents is 1. The number of benzene rings is 1. The third-order valence-corrected chi connectivity index (χ3v) is 6.54. The van der Waals surface area contributed by atoms with Crippen molar-refractivity contribution in [3.63, 3.8) is 0 Å². The monoisotopic (exact) mass is 390 g/mol. The van der Waals surface area contributed by atoms with Crippen molar-refractivity contribution in [3.8, 4) is 11.5 Å². The molecule has 1 aromatic rings. The lowest BCUT2D eigenvalue weighted by atomic mass is 9.65. The Balaban J connectivity index is 1.97. The summed E-state index contributed by atoms with van der Waals surface area (Å²) in [5, 5.41) is 21.1. The van der Waals surface area contributed by atoms with E-state index in [0.717, 1.165) is 31.2 Å². The summed E-state index contributed by atoms with van der Waals surface area (Å²) in [5.41, 5.74) is 0.156. The highest BCUT2D eigenvalue weighted by Crippen LogP contribution is 2.55. The molecule has 1 aliphatic carbocycles. The Morgan fingerprint density at radius 1 is 1.32 bits per heavy atom. The Kier molecular flexibility index (Phi) is 5.68. The molecule has 0 radical (unpaired) electrons. The SMILES string of the molecule is CCCCOC(=O)C(C)(C)c1cc(O)c2c(c1)OC(C)(C)C1CCC(O)CC21. The number of carbonyl (C=O) groups is 1. The predicted molar refractivity (Wildman–Crippen MR) is 108 cm³/mol. The second-order valence-electron chi connectivity index (χ2n) is 9.41. The molecule has 3 atom stereocenters. The topological polar surface area (TPSA) is 76.0 Å². The van der Waals surface area contributed by atoms with Gasteiger partial charge in [0.25, 0.3) is 0 Å². The van der Waals surface area contributed by atoms with Gasteiger partial charge in [0.1, 0.15) is 17.1 Å². The van der Waals surface area contributed by atoms with Crippen molar-refractivity contribution in [1.82, 2.24) is 0 Å². The van der Waals surface area contributed by atoms with Crippen molar-refractivity contribution in [2.24, 2.45) is 5.92 Å². The zero-order valence-electron chi connectivity index (χ0n) is 17.7. The van der Waals surface area contributed by atoms with E-state index in [4.69, 9.17) is 9.47 Å². The molecule has 0 saturated heterocycles. The van der Waals surface area contributed by atoms with Gasteiger partial charge in [0, 0.05) is 17.4 Å². The molecule has 1 fully saturated rings. The van der Waals surface area contributed by atoms with Crippen LogP contribution < -0.4 is 4.74 Å². The number of aliphatic hydroxyl groups excluding tert-OH is 1. The van der Waals surface area contributed by atoms with Crippen LogP contribution in [-0.2, 0) is 14.9 Å². The smallest absolute Gasteiger partial charge is 0.315 e. The predicted octanol–water partition coefficient (Wildman–Crippen LogP) is 4.43. The number of rotatable bonds is 5. The minimum atomic E-state index is -0.892. The molecule has 28 heavy (non-hydrogen) atoms. The van der Waals surface area contributed by atoms with Gasteiger partial charge in [0.2, 0.25) is 0 Å². The summed E-state index contributed by atoms with van der Waals surface area (Å²) in [6, 6.07) is 3.54. The van der Waals surface area contributed by atoms with Crippen LogP contribution in [0.3, 0.4) is 0 Å². The first-order valence-electron chi connectivity index (χ1n) is 10.5. The lowest BCUT2D eigenvalue weighted by Crippen LogP contribution is -2.47. The molecule has 1 saturated carbocycles. The van der Waals surface area contributed by atoms with E-state index in [9.17, 15) is 15.0 Å². The van der Waals surface area contributed by atoms with E-state index in [0.29, 0.717) is 24.3 Å². The number of hydrogen-bond acceptors (Lipinski definition) is 5. The maximum Gasteiger partial charge on any atom is 0.315 e. The lowest BCUT2D eigenvalue weighted by Gasteiger charge is -2.48. The van der Waals surface area contributed by atoms with Crippen LogP contribution in [0.1, 0.15) is 83.8 Å². The Bertz CT molecular complexity index is 737. The first kappa shape index (κ1) is 21.0. The molecule has 0 aromatic heterocycles. The van der Waals surface area contributed by atoms with E-state index in [1.165, 1.54) is 0 Å². The number of fused-ring (bicyclic) bond motifs is 3. The van der Waals surface area contributed by atoms with Gasteiger partial charge >= 0.3 is 5.97 Å². The van der Waals surface area contributed by atoms with Crippen LogP contribution in [0.25, 0.3) is 0 Å². The molecule has 0 amide bonds. The highest BCUT2D eigenvalue weighted by Gasteiger charge is 2.48. The van der Waals surface area contributed by atoms with Crippen molar-refractivity contribution in [2.45, 2.75) is 89.8 Å². The summed E-state index contributed by atoms with van der Waals surface area (Å²) < 4.78 is 11.8. The fraction of sp³-hybridized carbons (Fsp3) is 0.696. The van der Waals surface area contributed by atoms with E-state index < -0.39 is 11.0 Å². The first-order chi connectivity index (χ1) is 13.1. The standard InChI is InChI=1S/C23H34O5/c1-6-7-10-27-21(26)22(2,3)14-11-18(25)20-16-13-15(24)8-9-17(16)23(4,5)28-19(20)12-14/h11-12,15-17,24-25H,6-10,13H2,1-5H3. The van der Waals surface area contributed by atoms with Gasteiger partial charge in [-0.05, 0) is 71.1 Å². The number of ether oxygens (including phenoxy) is 2. The van der Waals surface area contributed by atoms with Gasteiger partial charge in [-0.25, -0.2) is 0 Å². The lowest BCUT2D eigenvalue weighted by molar-refractivity contribution is -0.149. The Hall–Kier alpha value is -1.75. The highest BCUT2D eigenvalue weighted by molar-refractivity contribution is 5.82. The molecule has 2 aliphatic rings. The van der Waals surface area contributed by atoms with E-state index in [1.807, 2.05) is 19.9 Å². The van der Waals surface area contributed by atoms with E-state index >= 15 is 0 Å². The van der Waals surface area contributed by atoms with Crippen LogP contribution >= 0.6 is 0 Å². The van der Waals surface area contributed by atoms with Crippen LogP contribution in [0, 0.1) is 5.92 Å². The second kappa shape index (κ2) is 7.58. The second-order valence-corrected chi connectivity index (χ2v) is 9.41. The molecule has 0 spiro atoms. The molecular weight excluding hydrogens is 356 g/mol. The van der Waals surface area contributed by atoms with Crippen LogP contribution in [0.15, 0.2) is 12.1 Å². The third-order valence-electron chi connectivity index (χ3n) is 6.54. The van der Waals surface area contributed by atoms with Crippen molar-refractivity contribution >= 4 is 5.97 Å². The zero-order valence-corrected chi connectivity index (χ0v) is 17.7. The molecule has 3 rings (SSSR count). The molecule has 2 N–H and O–H groups in total. The normalized spacial score (nSPS) is 26.0. The fourth-order valence-corrected chi connectivity index (χ4v) is 4.70. The summed E-state index contributed by atoms with van der Waals surface area (Å²) in [7, 11) is 0. The number of carbonyl (C=O) groups excluding carboxylic acids is 1. The number of aromatic hydroxyl groups is 1. The number of phenols is 1. The van der Waals surface area contributed by atoms with Crippen LogP contribution in [0.4, 0.5) is 0 Å². The number of esters is 1. The maximum absolute atomic E-state index is 12.6. The van der Waals surface area contributed by atoms with Crippen LogP contribution in [0.5, 0.6) is 11.5 Å². The zero-order chi connectivity index (χ0) is 20.7. The van der Waals surface area contributed by atoms with Gasteiger partial charge in [-0.1, -0.05) is 13.3 Å². The molecular formula is C23H34O5. The minimum absolute atomic E-state index is 0.0520. The molecule has 5 heteroatoms. The molecule has 156 valence electrons. The summed E-state index contributed by atoms with van der Waals surface area (Å²) in [5.74, 6) is 0.746. The van der Waals surface area contributed by atoms with E-state index in [2.05, 4.69) is 20.8 Å². The van der Waals surface area contributed by atoms with E-state index in [1.54, 1.807) is 6.07 Å². The van der Waals surface area contributed by atoms with Crippen LogP contribution in [-0.4, -0.2) is 34.5 Å². The summed E-state index contributed by atoms with van der Waals surface area (Å²) >= 11 is 0. The Labute approximate surface area is 168 Å². The number of aliphatic hydroxyl groups is 1. The molecule has 1 heterocycles. The molecule has 1 aliphatic heterocycles. The number of hydrogen-bond donors (Lipinski definition) is 2. The van der Waals surface area contributed by atoms with Gasteiger partial charge in [-0.3, -0.25) is 4.79 Å². The molecule has 5 nitrogen and oxygen atoms in total. The number of unbranched alkanes of at least 4 members (excludes halogenated alkanes) is 1. The average Bonchev–Trinajstić information content (AvgIpc) is 2.60. The average molecular weight is 391 g/mol. The van der Waals surface area contributed by atoms with Crippen molar-refractivity contribution < 1.29 is 24.5 Å². The molecule has 1 aromatic carbocycles. The molecule has 3 unspecified atom stereocenters. The fourth-order valence-electron chi connectivity index (χ4n) is 4.70. The first-order valence-corrected chi connectivity index (χ1v) is 10.5. The summed E-state index contributed by atoms with van der Waals surface area (Å²) in [6.07, 6.45) is 3.70. The Morgan fingerprint density at radius 3 is 2.71 bits per heavy atom. The Morgan fingerprint density at radius 2 is 2.04 bits per heavy atom. The maximum atomic E-state index is 12.6. The van der Waals surface area contributed by atoms with Crippen molar-refractivity contribution in [1.29, 1.82) is 0 Å². The van der Waals surface area contributed by atoms with Gasteiger partial charge in [-0.15, -0.1) is 0 Å². The van der Waals surface area contributed by atoms with Crippen molar-refractivity contribution in [2.75, 3.05) is 6.61 Å². The summed E-state index contributed by atoms with van der Waals surface area (Å²) in [4.78, 5) is 12.6. The largest absolute Gasteiger partial charge is 0.508 e. The minimum Gasteiger partial charge on any atom is -0.508 e. The van der Waals surface area contributed by atoms with Gasteiger partial charge < -0.3 is 19.7 Å². The molecule has 0 bridgehead atoms. The summed E-state index contributed by atoms with van der Waals surface area (Å²) in [6.45, 7) is 10.2. The van der Waals surface area contributed by atoms with E-state index in [-0.39, 0.29) is 29.7 Å². The van der Waals surface area contributed by atoms with Crippen LogP contribution in [0.2, 0.25) is 0 Å².